The van der Waals surface area contributed by atoms with E-state index in [-0.39, 0.29) is 12.5 Å². The van der Waals surface area contributed by atoms with Crippen molar-refractivity contribution in [1.82, 2.24) is 5.32 Å². The van der Waals surface area contributed by atoms with Crippen LogP contribution in [0.1, 0.15) is 303 Å². The zero-order chi connectivity index (χ0) is 61.6. The first kappa shape index (κ1) is 79.0. The van der Waals surface area contributed by atoms with Crippen molar-refractivity contribution in [3.63, 3.8) is 0 Å². The molecule has 0 saturated carbocycles. The standard InChI is InChI=1S/C71H131NO13/c1-3-5-7-9-11-13-15-17-19-21-23-25-27-28-29-30-31-32-33-35-37-39-41-43-45-47-49-51-53-55-63(76)72-59(58-82-70-68(81)66(79)69(62(57-74)84-70)85-71-67(80)65(78)64(77)61(56-73)83-71)60(75)54-52-50-48-46-44-42-40-38-36-34-26-24-22-20-18-16-14-12-10-8-6-4-2/h5,7,11,13,17,19,23,25,59-62,64-71,73-75,77-81H,3-4,6,8-10,12,14-16,18,20-22,24,26-58H2,1-2H3,(H,72,76)/b7-5-,13-11-,19-17-,25-23-. The maximum atomic E-state index is 13.4. The van der Waals surface area contributed by atoms with Crippen molar-refractivity contribution in [2.75, 3.05) is 19.8 Å². The SMILES string of the molecule is CC/C=C\C/C=C\C/C=C\C/C=C\CCCCCCCCCCCCCCCCCCC(=O)NC(COC1OC(CO)C(OC2OC(CO)C(O)C(O)C2O)C(O)C1O)C(O)CCCCCCCCCCCCCCCCCCCCCCCC. The molecule has 2 aliphatic heterocycles. The van der Waals surface area contributed by atoms with E-state index in [9.17, 15) is 45.6 Å². The lowest BCUT2D eigenvalue weighted by atomic mass is 9.97. The molecular formula is C71H131NO13. The van der Waals surface area contributed by atoms with E-state index in [0.717, 1.165) is 77.0 Å². The molecule has 0 aromatic heterocycles. The second-order valence-corrected chi connectivity index (χ2v) is 25.0. The number of allylic oxidation sites excluding steroid dienone is 8. The van der Waals surface area contributed by atoms with Gasteiger partial charge in [0.15, 0.2) is 12.6 Å². The molecule has 498 valence electrons. The summed E-state index contributed by atoms with van der Waals surface area (Å²) in [5.41, 5.74) is 0. The first-order valence-corrected chi connectivity index (χ1v) is 35.4. The Morgan fingerprint density at radius 3 is 1.25 bits per heavy atom. The minimum absolute atomic E-state index is 0.203. The molecule has 0 radical (unpaired) electrons. The van der Waals surface area contributed by atoms with Crippen molar-refractivity contribution in [3.05, 3.63) is 48.6 Å². The van der Waals surface area contributed by atoms with Gasteiger partial charge in [0.1, 0.15) is 48.8 Å². The Morgan fingerprint density at radius 2 is 0.812 bits per heavy atom. The van der Waals surface area contributed by atoms with Crippen molar-refractivity contribution < 1.29 is 64.6 Å². The van der Waals surface area contributed by atoms with Crippen molar-refractivity contribution in [1.29, 1.82) is 0 Å². The fraction of sp³-hybridized carbons (Fsp3) is 0.873. The molecule has 14 nitrogen and oxygen atoms in total. The normalized spacial score (nSPS) is 23.8. The average molecular weight is 1210 g/mol. The number of ether oxygens (including phenoxy) is 4. The van der Waals surface area contributed by atoms with E-state index < -0.39 is 86.8 Å². The van der Waals surface area contributed by atoms with E-state index in [2.05, 4.69) is 67.8 Å². The third kappa shape index (κ3) is 40.3. The van der Waals surface area contributed by atoms with Crippen molar-refractivity contribution >= 4 is 5.91 Å². The molecule has 0 aromatic rings. The predicted octanol–water partition coefficient (Wildman–Crippen LogP) is 14.3. The number of aliphatic hydroxyl groups excluding tert-OH is 8. The minimum atomic E-state index is -1.78. The van der Waals surface area contributed by atoms with E-state index >= 15 is 0 Å². The van der Waals surface area contributed by atoms with Gasteiger partial charge in [-0.3, -0.25) is 4.79 Å². The minimum Gasteiger partial charge on any atom is -0.394 e. The van der Waals surface area contributed by atoms with Gasteiger partial charge in [0.25, 0.3) is 0 Å². The van der Waals surface area contributed by atoms with Gasteiger partial charge < -0.3 is 65.1 Å². The Labute approximate surface area is 518 Å². The van der Waals surface area contributed by atoms with Crippen molar-refractivity contribution in [2.24, 2.45) is 0 Å². The predicted molar refractivity (Wildman–Crippen MR) is 346 cm³/mol. The molecule has 2 rings (SSSR count). The van der Waals surface area contributed by atoms with Crippen LogP contribution in [-0.4, -0.2) is 140 Å². The second kappa shape index (κ2) is 56.0. The maximum absolute atomic E-state index is 13.4. The average Bonchev–Trinajstić information content (AvgIpc) is 3.69. The van der Waals surface area contributed by atoms with Crippen LogP contribution in [-0.2, 0) is 23.7 Å². The first-order valence-electron chi connectivity index (χ1n) is 35.4. The summed E-state index contributed by atoms with van der Waals surface area (Å²) in [4.78, 5) is 13.4. The molecule has 2 aliphatic rings. The number of carbonyl (C=O) groups excluding carboxylic acids is 1. The molecule has 0 aromatic carbocycles. The summed E-state index contributed by atoms with van der Waals surface area (Å²) < 4.78 is 22.9. The number of amides is 1. The number of hydrogen-bond donors (Lipinski definition) is 9. The summed E-state index contributed by atoms with van der Waals surface area (Å²) in [6.07, 6.45) is 55.5. The van der Waals surface area contributed by atoms with Crippen LogP contribution < -0.4 is 5.32 Å². The quantitative estimate of drug-likeness (QED) is 0.0204. The molecule has 0 bridgehead atoms. The molecule has 0 spiro atoms. The molecule has 1 amide bonds. The molecule has 2 fully saturated rings. The highest BCUT2D eigenvalue weighted by Crippen LogP contribution is 2.30. The maximum Gasteiger partial charge on any atom is 0.220 e. The fourth-order valence-electron chi connectivity index (χ4n) is 11.7. The van der Waals surface area contributed by atoms with Crippen LogP contribution in [0, 0.1) is 0 Å². The molecule has 14 heteroatoms. The second-order valence-electron chi connectivity index (χ2n) is 25.0. The Morgan fingerprint density at radius 1 is 0.435 bits per heavy atom. The van der Waals surface area contributed by atoms with Crippen LogP contribution >= 0.6 is 0 Å². The van der Waals surface area contributed by atoms with Crippen LogP contribution in [0.2, 0.25) is 0 Å². The van der Waals surface area contributed by atoms with Gasteiger partial charge in [-0.05, 0) is 51.4 Å². The van der Waals surface area contributed by atoms with Gasteiger partial charge in [-0.1, -0.05) is 294 Å². The van der Waals surface area contributed by atoms with E-state index in [4.69, 9.17) is 18.9 Å². The number of hydrogen-bond acceptors (Lipinski definition) is 13. The molecule has 85 heavy (non-hydrogen) atoms. The Balaban J connectivity index is 1.66. The summed E-state index contributed by atoms with van der Waals surface area (Å²) in [5.74, 6) is -0.203. The van der Waals surface area contributed by atoms with Gasteiger partial charge >= 0.3 is 0 Å². The van der Waals surface area contributed by atoms with Gasteiger partial charge in [-0.15, -0.1) is 0 Å². The number of carbonyl (C=O) groups is 1. The highest BCUT2D eigenvalue weighted by atomic mass is 16.7. The van der Waals surface area contributed by atoms with Gasteiger partial charge in [-0.2, -0.15) is 0 Å². The zero-order valence-corrected chi connectivity index (χ0v) is 54.1. The molecule has 12 unspecified atom stereocenters. The monoisotopic (exact) mass is 1210 g/mol. The smallest absolute Gasteiger partial charge is 0.220 e. The van der Waals surface area contributed by atoms with E-state index in [1.165, 1.54) is 199 Å². The van der Waals surface area contributed by atoms with Gasteiger partial charge in [-0.25, -0.2) is 0 Å². The molecule has 2 heterocycles. The number of aliphatic hydroxyl groups is 8. The third-order valence-electron chi connectivity index (χ3n) is 17.3. The van der Waals surface area contributed by atoms with Crippen LogP contribution in [0.4, 0.5) is 0 Å². The largest absolute Gasteiger partial charge is 0.394 e. The van der Waals surface area contributed by atoms with E-state index in [1.54, 1.807) is 0 Å². The topological polar surface area (TPSA) is 228 Å². The van der Waals surface area contributed by atoms with Gasteiger partial charge in [0, 0.05) is 6.42 Å². The number of nitrogens with one attached hydrogen (secondary N) is 1. The van der Waals surface area contributed by atoms with Crippen LogP contribution in [0.15, 0.2) is 48.6 Å². The van der Waals surface area contributed by atoms with Crippen LogP contribution in [0.3, 0.4) is 0 Å². The Bertz CT molecular complexity index is 1610. The Hall–Kier alpha value is -2.05. The molecule has 9 N–H and O–H groups in total. The van der Waals surface area contributed by atoms with Crippen LogP contribution in [0.5, 0.6) is 0 Å². The number of rotatable bonds is 58. The zero-order valence-electron chi connectivity index (χ0n) is 54.1. The van der Waals surface area contributed by atoms with Crippen LogP contribution in [0.25, 0.3) is 0 Å². The summed E-state index contributed by atoms with van der Waals surface area (Å²) in [6.45, 7) is 2.79. The first-order chi connectivity index (χ1) is 41.6. The number of unbranched alkanes of at least 4 members (excludes halogenated alkanes) is 37. The molecule has 12 atom stereocenters. The lowest BCUT2D eigenvalue weighted by Gasteiger charge is -2.46. The third-order valence-corrected chi connectivity index (χ3v) is 17.3. The lowest BCUT2D eigenvalue weighted by Crippen LogP contribution is -2.65. The Kier molecular flexibility index (Phi) is 52.1. The summed E-state index contributed by atoms with van der Waals surface area (Å²) in [7, 11) is 0. The fourth-order valence-corrected chi connectivity index (χ4v) is 11.7. The van der Waals surface area contributed by atoms with E-state index in [1.807, 2.05) is 0 Å². The highest BCUT2D eigenvalue weighted by molar-refractivity contribution is 5.76. The van der Waals surface area contributed by atoms with E-state index in [0.29, 0.717) is 12.8 Å². The lowest BCUT2D eigenvalue weighted by molar-refractivity contribution is -0.359. The molecule has 0 aliphatic carbocycles. The van der Waals surface area contributed by atoms with Gasteiger partial charge in [0.2, 0.25) is 5.91 Å². The molecular weight excluding hydrogens is 1070 g/mol. The summed E-state index contributed by atoms with van der Waals surface area (Å²) >= 11 is 0. The summed E-state index contributed by atoms with van der Waals surface area (Å²) in [5, 5.41) is 87.6. The highest BCUT2D eigenvalue weighted by Gasteiger charge is 2.51. The van der Waals surface area contributed by atoms with Crippen molar-refractivity contribution in [3.8, 4) is 0 Å². The van der Waals surface area contributed by atoms with Crippen molar-refractivity contribution in [2.45, 2.75) is 376 Å². The van der Waals surface area contributed by atoms with Gasteiger partial charge in [0.05, 0.1) is 32.0 Å². The molecule has 2 saturated heterocycles. The summed E-state index contributed by atoms with van der Waals surface area (Å²) in [6, 6.07) is -0.830.